The predicted octanol–water partition coefficient (Wildman–Crippen LogP) is 2.60. The molecule has 0 radical (unpaired) electrons. The first-order valence-corrected chi connectivity index (χ1v) is 10.3. The molecule has 1 aromatic carbocycles. The van der Waals surface area contributed by atoms with E-state index in [0.29, 0.717) is 38.9 Å². The Morgan fingerprint density at radius 2 is 2.14 bits per heavy atom. The molecule has 0 spiro atoms. The van der Waals surface area contributed by atoms with E-state index >= 15 is 0 Å². The zero-order valence-electron chi connectivity index (χ0n) is 16.1. The minimum atomic E-state index is -0.253. The van der Waals surface area contributed by atoms with E-state index in [4.69, 9.17) is 14.2 Å². The van der Waals surface area contributed by atoms with Gasteiger partial charge in [0.1, 0.15) is 12.7 Å². The maximum Gasteiger partial charge on any atom is 0.351 e. The Morgan fingerprint density at radius 3 is 2.96 bits per heavy atom. The average Bonchev–Trinajstić information content (AvgIpc) is 3.56. The third-order valence-electron chi connectivity index (χ3n) is 5.88. The lowest BCUT2D eigenvalue weighted by Crippen LogP contribution is -2.34. The van der Waals surface area contributed by atoms with Crippen LogP contribution in [-0.2, 0) is 28.9 Å². The second-order valence-electron chi connectivity index (χ2n) is 8.02. The van der Waals surface area contributed by atoms with Crippen molar-refractivity contribution in [3.05, 3.63) is 45.9 Å². The van der Waals surface area contributed by atoms with Crippen molar-refractivity contribution in [2.24, 2.45) is 5.92 Å². The number of hydrogen-bond acceptors (Lipinski definition) is 5. The number of ether oxygens (including phenoxy) is 3. The lowest BCUT2D eigenvalue weighted by atomic mass is 9.94. The fourth-order valence-corrected chi connectivity index (χ4v) is 4.08. The second-order valence-corrected chi connectivity index (χ2v) is 8.02. The van der Waals surface area contributed by atoms with Crippen molar-refractivity contribution in [3.63, 3.8) is 0 Å². The second kappa shape index (κ2) is 7.68. The van der Waals surface area contributed by atoms with Crippen molar-refractivity contribution >= 4 is 0 Å². The van der Waals surface area contributed by atoms with Crippen molar-refractivity contribution in [1.29, 1.82) is 0 Å². The van der Waals surface area contributed by atoms with Gasteiger partial charge in [-0.3, -0.25) is 4.57 Å². The van der Waals surface area contributed by atoms with Crippen molar-refractivity contribution in [1.82, 2.24) is 9.55 Å². The molecule has 1 aromatic heterocycles. The van der Waals surface area contributed by atoms with E-state index in [1.807, 2.05) is 6.07 Å². The summed E-state index contributed by atoms with van der Waals surface area (Å²) in [5, 5.41) is 0. The largest absolute Gasteiger partial charge is 0.475 e. The van der Waals surface area contributed by atoms with E-state index < -0.39 is 0 Å². The fourth-order valence-electron chi connectivity index (χ4n) is 4.08. The summed E-state index contributed by atoms with van der Waals surface area (Å²) in [7, 11) is 0. The van der Waals surface area contributed by atoms with E-state index in [2.05, 4.69) is 23.2 Å². The van der Waals surface area contributed by atoms with E-state index in [1.165, 1.54) is 30.4 Å². The summed E-state index contributed by atoms with van der Waals surface area (Å²) >= 11 is 0. The molecule has 1 aliphatic carbocycles. The Balaban J connectivity index is 1.36. The molecular formula is C22H26N2O4. The van der Waals surface area contributed by atoms with Crippen LogP contribution >= 0.6 is 0 Å². The molecule has 0 bridgehead atoms. The Morgan fingerprint density at radius 1 is 1.21 bits per heavy atom. The van der Waals surface area contributed by atoms with Gasteiger partial charge in [-0.25, -0.2) is 4.79 Å². The lowest BCUT2D eigenvalue weighted by Gasteiger charge is -2.24. The van der Waals surface area contributed by atoms with E-state index in [0.717, 1.165) is 30.0 Å². The smallest absolute Gasteiger partial charge is 0.351 e. The first-order valence-electron chi connectivity index (χ1n) is 10.3. The van der Waals surface area contributed by atoms with Crippen LogP contribution in [0.15, 0.2) is 29.1 Å². The Bertz CT molecular complexity index is 913. The summed E-state index contributed by atoms with van der Waals surface area (Å²) in [6, 6.07) is 8.56. The van der Waals surface area contributed by atoms with Crippen molar-refractivity contribution in [2.75, 3.05) is 26.4 Å². The number of aryl methyl sites for hydroxylation is 2. The molecule has 2 fully saturated rings. The summed E-state index contributed by atoms with van der Waals surface area (Å²) in [5.41, 5.74) is 4.47. The third kappa shape index (κ3) is 3.84. The van der Waals surface area contributed by atoms with Crippen LogP contribution in [0.3, 0.4) is 0 Å². The van der Waals surface area contributed by atoms with Crippen LogP contribution in [0.5, 0.6) is 5.88 Å². The van der Waals surface area contributed by atoms with E-state index in [-0.39, 0.29) is 11.8 Å². The molecule has 6 nitrogen and oxygen atoms in total. The molecule has 6 heteroatoms. The topological polar surface area (TPSA) is 62.6 Å². The summed E-state index contributed by atoms with van der Waals surface area (Å²) < 4.78 is 18.5. The van der Waals surface area contributed by atoms with Gasteiger partial charge >= 0.3 is 5.69 Å². The van der Waals surface area contributed by atoms with E-state index in [1.54, 1.807) is 4.57 Å². The molecule has 5 rings (SSSR count). The highest BCUT2D eigenvalue weighted by Gasteiger charge is 2.23. The van der Waals surface area contributed by atoms with Crippen LogP contribution < -0.4 is 10.4 Å². The highest BCUT2D eigenvalue weighted by atomic mass is 16.6. The molecular weight excluding hydrogens is 356 g/mol. The number of rotatable bonds is 6. The quantitative estimate of drug-likeness (QED) is 0.769. The standard InChI is InChI=1S/C22H26N2O4/c25-22-23-21(28-14-18-13-26-9-10-27-18)12-20-19-6-5-16(4-3-15-1-2-15)11-17(19)7-8-24(20)22/h5-6,11-12,15,18H,1-4,7-10,13-14H2. The monoisotopic (exact) mass is 382 g/mol. The molecule has 3 heterocycles. The normalized spacial score (nSPS) is 21.1. The highest BCUT2D eigenvalue weighted by Crippen LogP contribution is 2.35. The summed E-state index contributed by atoms with van der Waals surface area (Å²) in [5.74, 6) is 1.30. The number of fused-ring (bicyclic) bond motifs is 3. The van der Waals surface area contributed by atoms with Crippen molar-refractivity contribution in [3.8, 4) is 17.1 Å². The molecule has 1 saturated heterocycles. The summed E-state index contributed by atoms with van der Waals surface area (Å²) in [6.45, 7) is 2.71. The molecule has 2 aliphatic heterocycles. The zero-order chi connectivity index (χ0) is 18.9. The van der Waals surface area contributed by atoms with Gasteiger partial charge < -0.3 is 14.2 Å². The number of benzene rings is 1. The third-order valence-corrected chi connectivity index (χ3v) is 5.88. The highest BCUT2D eigenvalue weighted by molar-refractivity contribution is 5.67. The molecule has 148 valence electrons. The van der Waals surface area contributed by atoms with Gasteiger partial charge in [0.2, 0.25) is 5.88 Å². The molecule has 28 heavy (non-hydrogen) atoms. The number of nitrogens with zero attached hydrogens (tertiary/aromatic N) is 2. The average molecular weight is 382 g/mol. The van der Waals surface area contributed by atoms with Gasteiger partial charge in [0.15, 0.2) is 0 Å². The molecule has 0 amide bonds. The predicted molar refractivity (Wildman–Crippen MR) is 105 cm³/mol. The van der Waals surface area contributed by atoms with Gasteiger partial charge in [-0.15, -0.1) is 0 Å². The van der Waals surface area contributed by atoms with Gasteiger partial charge in [0.25, 0.3) is 0 Å². The Labute approximate surface area is 164 Å². The van der Waals surface area contributed by atoms with Crippen LogP contribution in [0.1, 0.15) is 30.4 Å². The first kappa shape index (κ1) is 17.9. The summed E-state index contributed by atoms with van der Waals surface area (Å²) in [4.78, 5) is 16.6. The van der Waals surface area contributed by atoms with Crippen molar-refractivity contribution < 1.29 is 14.2 Å². The van der Waals surface area contributed by atoms with Crippen LogP contribution in [0, 0.1) is 5.92 Å². The molecule has 1 saturated carbocycles. The van der Waals surface area contributed by atoms with Crippen LogP contribution in [0.4, 0.5) is 0 Å². The van der Waals surface area contributed by atoms with Gasteiger partial charge in [0, 0.05) is 18.2 Å². The molecule has 1 atom stereocenters. The number of hydrogen-bond donors (Lipinski definition) is 0. The maximum atomic E-state index is 12.5. The van der Waals surface area contributed by atoms with Gasteiger partial charge in [-0.1, -0.05) is 31.0 Å². The van der Waals surface area contributed by atoms with Crippen LogP contribution in [0.25, 0.3) is 11.3 Å². The minimum Gasteiger partial charge on any atom is -0.475 e. The van der Waals surface area contributed by atoms with Gasteiger partial charge in [0.05, 0.1) is 25.5 Å². The van der Waals surface area contributed by atoms with Gasteiger partial charge in [-0.2, -0.15) is 4.98 Å². The summed E-state index contributed by atoms with van der Waals surface area (Å²) in [6.07, 6.45) is 6.00. The molecule has 3 aliphatic rings. The van der Waals surface area contributed by atoms with Gasteiger partial charge in [-0.05, 0) is 36.3 Å². The molecule has 2 aromatic rings. The van der Waals surface area contributed by atoms with Crippen LogP contribution in [-0.4, -0.2) is 42.1 Å². The Kier molecular flexibility index (Phi) is 4.91. The Hall–Kier alpha value is -2.18. The van der Waals surface area contributed by atoms with E-state index in [9.17, 15) is 4.79 Å². The first-order chi connectivity index (χ1) is 13.8. The van der Waals surface area contributed by atoms with Crippen LogP contribution in [0.2, 0.25) is 0 Å². The minimum absolute atomic E-state index is 0.115. The van der Waals surface area contributed by atoms with Crippen molar-refractivity contribution in [2.45, 2.75) is 44.8 Å². The SMILES string of the molecule is O=c1nc(OCC2COCCO2)cc2n1CCc1cc(CCC3CC3)ccc1-2. The zero-order valence-corrected chi connectivity index (χ0v) is 16.1. The fraction of sp³-hybridized carbons (Fsp3) is 0.545. The number of aromatic nitrogens is 2. The lowest BCUT2D eigenvalue weighted by molar-refractivity contribution is -0.102. The maximum absolute atomic E-state index is 12.5. The molecule has 0 N–H and O–H groups in total. The molecule has 1 unspecified atom stereocenters.